The van der Waals surface area contributed by atoms with Crippen LogP contribution in [-0.2, 0) is 9.59 Å². The molecule has 1 aromatic heterocycles. The summed E-state index contributed by atoms with van der Waals surface area (Å²) in [7, 11) is 0. The first-order valence-corrected chi connectivity index (χ1v) is 10.1. The summed E-state index contributed by atoms with van der Waals surface area (Å²) in [5.41, 5.74) is 0. The third kappa shape index (κ3) is 3.58. The van der Waals surface area contributed by atoms with Crippen LogP contribution in [0.2, 0.25) is 0 Å². The maximum Gasteiger partial charge on any atom is 0.236 e. The standard InChI is InChI=1S/C17H24N2O2S2/c1-11(2)18(16(21)13-6-7-13)8-9-19-15(20)12(3)23-17(19)14-5-4-10-22-14/h4-5,10-13,17H,6-9H2,1-3H3/t12-,17+/m1/s1. The number of amides is 2. The van der Waals surface area contributed by atoms with Crippen molar-refractivity contribution in [3.63, 3.8) is 0 Å². The lowest BCUT2D eigenvalue weighted by atomic mass is 10.2. The van der Waals surface area contributed by atoms with Crippen LogP contribution < -0.4 is 0 Å². The molecule has 0 radical (unpaired) electrons. The molecule has 2 amide bonds. The minimum Gasteiger partial charge on any atom is -0.338 e. The fraction of sp³-hybridized carbons (Fsp3) is 0.647. The number of thioether (sulfide) groups is 1. The minimum atomic E-state index is -0.00580. The van der Waals surface area contributed by atoms with Crippen molar-refractivity contribution in [3.05, 3.63) is 22.4 Å². The van der Waals surface area contributed by atoms with Gasteiger partial charge in [0.15, 0.2) is 0 Å². The molecule has 0 unspecified atom stereocenters. The molecule has 2 heterocycles. The maximum atomic E-state index is 12.5. The highest BCUT2D eigenvalue weighted by Crippen LogP contribution is 2.44. The zero-order valence-electron chi connectivity index (χ0n) is 13.9. The highest BCUT2D eigenvalue weighted by Gasteiger charge is 2.40. The van der Waals surface area contributed by atoms with Gasteiger partial charge >= 0.3 is 0 Å². The van der Waals surface area contributed by atoms with Gasteiger partial charge in [-0.15, -0.1) is 23.1 Å². The van der Waals surface area contributed by atoms with Crippen LogP contribution in [0.5, 0.6) is 0 Å². The second-order valence-electron chi connectivity index (χ2n) is 6.58. The summed E-state index contributed by atoms with van der Waals surface area (Å²) in [5, 5.41) is 2.15. The Balaban J connectivity index is 1.68. The Bertz CT molecular complexity index is 569. The van der Waals surface area contributed by atoms with E-state index in [0.29, 0.717) is 13.1 Å². The van der Waals surface area contributed by atoms with Gasteiger partial charge in [-0.3, -0.25) is 9.59 Å². The minimum absolute atomic E-state index is 0.00580. The summed E-state index contributed by atoms with van der Waals surface area (Å²) < 4.78 is 0. The fourth-order valence-electron chi connectivity index (χ4n) is 2.96. The molecule has 0 aromatic carbocycles. The van der Waals surface area contributed by atoms with Gasteiger partial charge in [0.05, 0.1) is 5.25 Å². The van der Waals surface area contributed by atoms with E-state index in [0.717, 1.165) is 12.8 Å². The lowest BCUT2D eigenvalue weighted by molar-refractivity contribution is -0.136. The lowest BCUT2D eigenvalue weighted by Gasteiger charge is -2.31. The van der Waals surface area contributed by atoms with Crippen molar-refractivity contribution in [3.8, 4) is 0 Å². The van der Waals surface area contributed by atoms with E-state index in [4.69, 9.17) is 0 Å². The van der Waals surface area contributed by atoms with Crippen LogP contribution in [0.3, 0.4) is 0 Å². The summed E-state index contributed by atoms with van der Waals surface area (Å²) in [5.74, 6) is 0.684. The van der Waals surface area contributed by atoms with Crippen molar-refractivity contribution in [2.24, 2.45) is 5.92 Å². The van der Waals surface area contributed by atoms with Crippen LogP contribution in [0, 0.1) is 5.92 Å². The fourth-order valence-corrected chi connectivity index (χ4v) is 5.21. The van der Waals surface area contributed by atoms with Gasteiger partial charge in [-0.2, -0.15) is 0 Å². The normalized spacial score (nSPS) is 24.5. The van der Waals surface area contributed by atoms with Crippen LogP contribution in [0.4, 0.5) is 0 Å². The predicted octanol–water partition coefficient (Wildman–Crippen LogP) is 3.36. The summed E-state index contributed by atoms with van der Waals surface area (Å²) in [6.45, 7) is 7.34. The van der Waals surface area contributed by atoms with E-state index >= 15 is 0 Å². The number of hydrogen-bond acceptors (Lipinski definition) is 4. The van der Waals surface area contributed by atoms with Gasteiger partial charge in [0.25, 0.3) is 0 Å². The molecule has 1 aliphatic heterocycles. The second-order valence-corrected chi connectivity index (χ2v) is 8.98. The Morgan fingerprint density at radius 2 is 2.17 bits per heavy atom. The lowest BCUT2D eigenvalue weighted by Crippen LogP contribution is -2.44. The van der Waals surface area contributed by atoms with Crippen molar-refractivity contribution in [1.82, 2.24) is 9.80 Å². The molecule has 1 saturated carbocycles. The van der Waals surface area contributed by atoms with E-state index < -0.39 is 0 Å². The molecule has 1 aliphatic carbocycles. The van der Waals surface area contributed by atoms with E-state index in [1.807, 2.05) is 22.8 Å². The Labute approximate surface area is 146 Å². The Morgan fingerprint density at radius 1 is 1.43 bits per heavy atom. The first kappa shape index (κ1) is 16.8. The van der Waals surface area contributed by atoms with Gasteiger partial charge in [-0.25, -0.2) is 0 Å². The van der Waals surface area contributed by atoms with Crippen LogP contribution >= 0.6 is 23.1 Å². The molecule has 2 aliphatic rings. The van der Waals surface area contributed by atoms with E-state index in [2.05, 4.69) is 25.3 Å². The third-order valence-corrected chi connectivity index (χ3v) is 6.90. The van der Waals surface area contributed by atoms with Crippen LogP contribution in [0.25, 0.3) is 0 Å². The zero-order valence-corrected chi connectivity index (χ0v) is 15.5. The largest absolute Gasteiger partial charge is 0.338 e. The molecule has 0 spiro atoms. The Kier molecular flexibility index (Phi) is 5.01. The zero-order chi connectivity index (χ0) is 16.6. The van der Waals surface area contributed by atoms with Crippen molar-refractivity contribution < 1.29 is 9.59 Å². The molecular formula is C17H24N2O2S2. The van der Waals surface area contributed by atoms with Crippen molar-refractivity contribution in [2.75, 3.05) is 13.1 Å². The second kappa shape index (κ2) is 6.85. The van der Waals surface area contributed by atoms with Gasteiger partial charge in [0.1, 0.15) is 5.37 Å². The van der Waals surface area contributed by atoms with E-state index in [1.54, 1.807) is 23.1 Å². The predicted molar refractivity (Wildman–Crippen MR) is 95.4 cm³/mol. The maximum absolute atomic E-state index is 12.5. The monoisotopic (exact) mass is 352 g/mol. The molecule has 0 N–H and O–H groups in total. The van der Waals surface area contributed by atoms with Crippen molar-refractivity contribution in [1.29, 1.82) is 0 Å². The summed E-state index contributed by atoms with van der Waals surface area (Å²) in [6, 6.07) is 4.31. The molecule has 23 heavy (non-hydrogen) atoms. The molecular weight excluding hydrogens is 328 g/mol. The molecule has 3 rings (SSSR count). The van der Waals surface area contributed by atoms with E-state index in [1.165, 1.54) is 4.88 Å². The molecule has 4 nitrogen and oxygen atoms in total. The molecule has 0 bridgehead atoms. The number of rotatable bonds is 6. The average Bonchev–Trinajstić information content (AvgIpc) is 3.15. The molecule has 1 aromatic rings. The summed E-state index contributed by atoms with van der Waals surface area (Å²) >= 11 is 3.40. The molecule has 1 saturated heterocycles. The molecule has 2 fully saturated rings. The van der Waals surface area contributed by atoms with Gasteiger partial charge in [0, 0.05) is 29.9 Å². The summed E-state index contributed by atoms with van der Waals surface area (Å²) in [4.78, 5) is 30.1. The van der Waals surface area contributed by atoms with Gasteiger partial charge in [-0.1, -0.05) is 6.07 Å². The number of hydrogen-bond donors (Lipinski definition) is 0. The smallest absolute Gasteiger partial charge is 0.236 e. The number of nitrogens with zero attached hydrogens (tertiary/aromatic N) is 2. The molecule has 2 atom stereocenters. The number of carbonyl (C=O) groups is 2. The summed E-state index contributed by atoms with van der Waals surface area (Å²) in [6.07, 6.45) is 2.05. The number of thiophene rings is 1. The van der Waals surface area contributed by atoms with Crippen molar-refractivity contribution >= 4 is 34.9 Å². The van der Waals surface area contributed by atoms with Crippen LogP contribution in [0.15, 0.2) is 17.5 Å². The van der Waals surface area contributed by atoms with E-state index in [-0.39, 0.29) is 34.4 Å². The quantitative estimate of drug-likeness (QED) is 0.788. The Hall–Kier alpha value is -1.01. The van der Waals surface area contributed by atoms with Crippen LogP contribution in [-0.4, -0.2) is 46.0 Å². The molecule has 6 heteroatoms. The van der Waals surface area contributed by atoms with Crippen LogP contribution in [0.1, 0.15) is 43.9 Å². The highest BCUT2D eigenvalue weighted by molar-refractivity contribution is 8.01. The van der Waals surface area contributed by atoms with E-state index in [9.17, 15) is 9.59 Å². The third-order valence-electron chi connectivity index (χ3n) is 4.45. The van der Waals surface area contributed by atoms with Crippen molar-refractivity contribution in [2.45, 2.75) is 50.3 Å². The van der Waals surface area contributed by atoms with Gasteiger partial charge in [0.2, 0.25) is 11.8 Å². The number of carbonyl (C=O) groups excluding carboxylic acids is 2. The average molecular weight is 353 g/mol. The topological polar surface area (TPSA) is 40.6 Å². The van der Waals surface area contributed by atoms with Gasteiger partial charge in [-0.05, 0) is 45.1 Å². The highest BCUT2D eigenvalue weighted by atomic mass is 32.2. The first-order valence-electron chi connectivity index (χ1n) is 8.29. The first-order chi connectivity index (χ1) is 11.0. The molecule has 126 valence electrons. The SMILES string of the molecule is CC(C)N(CCN1C(=O)[C@@H](C)S[C@H]1c1cccs1)C(=O)C1CC1. The van der Waals surface area contributed by atoms with Gasteiger partial charge < -0.3 is 9.80 Å². The Morgan fingerprint density at radius 3 is 2.74 bits per heavy atom.